The number of rotatable bonds is 7. The molecule has 0 radical (unpaired) electrons. The largest absolute Gasteiger partial charge is 0.493 e. The van der Waals surface area contributed by atoms with Crippen LogP contribution < -0.4 is 10.5 Å². The summed E-state index contributed by atoms with van der Waals surface area (Å²) in [6.07, 6.45) is 1.26. The number of aromatic nitrogens is 4. The van der Waals surface area contributed by atoms with Crippen LogP contribution in [-0.4, -0.2) is 37.4 Å². The van der Waals surface area contributed by atoms with Gasteiger partial charge >= 0.3 is 0 Å². The van der Waals surface area contributed by atoms with Gasteiger partial charge in [-0.15, -0.1) is 0 Å². The molecule has 9 heteroatoms. The summed E-state index contributed by atoms with van der Waals surface area (Å²) >= 11 is 0. The minimum absolute atomic E-state index is 0.177. The summed E-state index contributed by atoms with van der Waals surface area (Å²) in [6, 6.07) is 14.7. The summed E-state index contributed by atoms with van der Waals surface area (Å²) < 4.78 is 34.6. The molecule has 0 saturated heterocycles. The third-order valence-corrected chi connectivity index (χ3v) is 6.66. The highest BCUT2D eigenvalue weighted by Gasteiger charge is 2.52. The van der Waals surface area contributed by atoms with Crippen LogP contribution in [0.3, 0.4) is 0 Å². The molecule has 0 aliphatic heterocycles. The molecule has 0 spiro atoms. The van der Waals surface area contributed by atoms with Gasteiger partial charge in [-0.2, -0.15) is 5.10 Å². The quantitative estimate of drug-likeness (QED) is 0.402. The van der Waals surface area contributed by atoms with Gasteiger partial charge in [-0.25, -0.2) is 18.4 Å². The first kappa shape index (κ1) is 23.3. The SMILES string of the molecule is CCOc1cc(-c2cccc(C(C)(N)C3CC(F)(F)C3)n2)cc2c1cnn2-c1cccc(CO)n1. The summed E-state index contributed by atoms with van der Waals surface area (Å²) in [5, 5.41) is 14.8. The Balaban J connectivity index is 1.60. The summed E-state index contributed by atoms with van der Waals surface area (Å²) in [6.45, 7) is 3.96. The van der Waals surface area contributed by atoms with Gasteiger partial charge in [0, 0.05) is 18.4 Å². The number of alkyl halides is 2. The molecule has 3 heterocycles. The summed E-state index contributed by atoms with van der Waals surface area (Å²) in [4.78, 5) is 9.26. The molecular weight excluding hydrogens is 452 g/mol. The first-order chi connectivity index (χ1) is 16.7. The van der Waals surface area contributed by atoms with Gasteiger partial charge in [0.15, 0.2) is 5.82 Å². The Morgan fingerprint density at radius 3 is 2.66 bits per heavy atom. The van der Waals surface area contributed by atoms with Crippen molar-refractivity contribution in [3.63, 3.8) is 0 Å². The Bertz CT molecular complexity index is 1380. The molecule has 0 amide bonds. The molecule has 1 saturated carbocycles. The number of aliphatic hydroxyl groups excluding tert-OH is 1. The fraction of sp³-hybridized carbons (Fsp3) is 0.346. The highest BCUT2D eigenvalue weighted by atomic mass is 19.3. The molecule has 5 rings (SSSR count). The lowest BCUT2D eigenvalue weighted by atomic mass is 9.68. The molecule has 1 unspecified atom stereocenters. The van der Waals surface area contributed by atoms with Crippen molar-refractivity contribution in [2.45, 2.75) is 44.8 Å². The van der Waals surface area contributed by atoms with Crippen molar-refractivity contribution in [1.29, 1.82) is 0 Å². The molecule has 3 N–H and O–H groups in total. The Hall–Kier alpha value is -3.43. The van der Waals surface area contributed by atoms with E-state index in [-0.39, 0.29) is 25.4 Å². The highest BCUT2D eigenvalue weighted by molar-refractivity contribution is 5.90. The zero-order chi connectivity index (χ0) is 24.8. The van der Waals surface area contributed by atoms with E-state index in [2.05, 4.69) is 10.1 Å². The van der Waals surface area contributed by atoms with Crippen molar-refractivity contribution in [3.8, 4) is 22.8 Å². The average molecular weight is 480 g/mol. The van der Waals surface area contributed by atoms with E-state index in [0.717, 1.165) is 16.5 Å². The van der Waals surface area contributed by atoms with Crippen LogP contribution in [0, 0.1) is 5.92 Å². The predicted molar refractivity (Wildman–Crippen MR) is 128 cm³/mol. The van der Waals surface area contributed by atoms with E-state index in [1.165, 1.54) is 0 Å². The van der Waals surface area contributed by atoms with Crippen LogP contribution in [0.25, 0.3) is 28.0 Å². The van der Waals surface area contributed by atoms with Gasteiger partial charge in [-0.3, -0.25) is 4.98 Å². The number of halogens is 2. The number of hydrogen-bond acceptors (Lipinski definition) is 6. The van der Waals surface area contributed by atoms with Gasteiger partial charge in [0.1, 0.15) is 5.75 Å². The second kappa shape index (κ2) is 8.66. The highest BCUT2D eigenvalue weighted by Crippen LogP contribution is 2.49. The molecule has 35 heavy (non-hydrogen) atoms. The topological polar surface area (TPSA) is 99.1 Å². The Labute approximate surface area is 201 Å². The van der Waals surface area contributed by atoms with Crippen LogP contribution in [-0.2, 0) is 12.1 Å². The molecular formula is C26H27F2N5O2. The number of ether oxygens (including phenoxy) is 1. The minimum atomic E-state index is -2.65. The lowest BCUT2D eigenvalue weighted by Gasteiger charge is -2.44. The molecule has 7 nitrogen and oxygen atoms in total. The van der Waals surface area contributed by atoms with Crippen LogP contribution in [0.4, 0.5) is 8.78 Å². The number of nitrogens with two attached hydrogens (primary N) is 1. The van der Waals surface area contributed by atoms with Crippen molar-refractivity contribution in [2.75, 3.05) is 6.61 Å². The van der Waals surface area contributed by atoms with E-state index in [1.807, 2.05) is 43.3 Å². The summed E-state index contributed by atoms with van der Waals surface area (Å²) in [5.41, 5.74) is 8.84. The molecule has 1 aliphatic carbocycles. The van der Waals surface area contributed by atoms with Crippen LogP contribution in [0.15, 0.2) is 54.7 Å². The van der Waals surface area contributed by atoms with Crippen LogP contribution in [0.2, 0.25) is 0 Å². The number of aliphatic hydroxyl groups is 1. The first-order valence-electron chi connectivity index (χ1n) is 11.6. The maximum absolute atomic E-state index is 13.5. The molecule has 182 valence electrons. The van der Waals surface area contributed by atoms with E-state index >= 15 is 0 Å². The zero-order valence-electron chi connectivity index (χ0n) is 19.6. The normalized spacial score (nSPS) is 17.2. The van der Waals surface area contributed by atoms with Crippen molar-refractivity contribution >= 4 is 10.9 Å². The van der Waals surface area contributed by atoms with Crippen molar-refractivity contribution in [1.82, 2.24) is 19.7 Å². The minimum Gasteiger partial charge on any atom is -0.493 e. The van der Waals surface area contributed by atoms with Crippen molar-refractivity contribution in [2.24, 2.45) is 11.7 Å². The molecule has 1 fully saturated rings. The second-order valence-corrected chi connectivity index (χ2v) is 9.19. The average Bonchev–Trinajstić information content (AvgIpc) is 3.27. The second-order valence-electron chi connectivity index (χ2n) is 9.19. The predicted octanol–water partition coefficient (Wildman–Crippen LogP) is 4.59. The smallest absolute Gasteiger partial charge is 0.248 e. The van der Waals surface area contributed by atoms with E-state index in [9.17, 15) is 13.9 Å². The van der Waals surface area contributed by atoms with Crippen molar-refractivity contribution in [3.05, 3.63) is 66.1 Å². The molecule has 1 aromatic carbocycles. The van der Waals surface area contributed by atoms with E-state index in [1.54, 1.807) is 29.9 Å². The zero-order valence-corrected chi connectivity index (χ0v) is 19.6. The number of pyridine rings is 2. The number of fused-ring (bicyclic) bond motifs is 1. The third-order valence-electron chi connectivity index (χ3n) is 6.66. The van der Waals surface area contributed by atoms with Gasteiger partial charge in [-0.1, -0.05) is 12.1 Å². The summed E-state index contributed by atoms with van der Waals surface area (Å²) in [7, 11) is 0. The standard InChI is InChI=1S/C26H27F2N5O2/c1-3-35-22-11-16(10-21-19(22)14-30-33(21)24-9-4-6-18(15-34)31-24)20-7-5-8-23(32-20)25(2,29)17-12-26(27,28)13-17/h4-11,14,17,34H,3,12-13,15,29H2,1-2H3. The van der Waals surface area contributed by atoms with Crippen LogP contribution in [0.5, 0.6) is 5.75 Å². The van der Waals surface area contributed by atoms with Crippen molar-refractivity contribution < 1.29 is 18.6 Å². The number of nitrogens with zero attached hydrogens (tertiary/aromatic N) is 4. The fourth-order valence-corrected chi connectivity index (χ4v) is 4.56. The third kappa shape index (κ3) is 4.26. The Kier molecular flexibility index (Phi) is 5.77. The maximum atomic E-state index is 13.5. The number of benzene rings is 1. The molecule has 1 atom stereocenters. The Morgan fingerprint density at radius 1 is 1.17 bits per heavy atom. The van der Waals surface area contributed by atoms with Gasteiger partial charge in [0.05, 0.1) is 52.9 Å². The maximum Gasteiger partial charge on any atom is 0.248 e. The van der Waals surface area contributed by atoms with Gasteiger partial charge < -0.3 is 15.6 Å². The van der Waals surface area contributed by atoms with Crippen LogP contribution >= 0.6 is 0 Å². The lowest BCUT2D eigenvalue weighted by molar-refractivity contribution is -0.130. The van der Waals surface area contributed by atoms with E-state index in [0.29, 0.717) is 35.3 Å². The van der Waals surface area contributed by atoms with E-state index < -0.39 is 11.5 Å². The first-order valence-corrected chi connectivity index (χ1v) is 11.6. The fourth-order valence-electron chi connectivity index (χ4n) is 4.56. The monoisotopic (exact) mass is 479 g/mol. The number of hydrogen-bond donors (Lipinski definition) is 2. The molecule has 0 bridgehead atoms. The van der Waals surface area contributed by atoms with Crippen LogP contribution in [0.1, 0.15) is 38.1 Å². The molecule has 1 aliphatic rings. The summed E-state index contributed by atoms with van der Waals surface area (Å²) in [5.74, 6) is -1.78. The Morgan fingerprint density at radius 2 is 1.94 bits per heavy atom. The van der Waals surface area contributed by atoms with E-state index in [4.69, 9.17) is 15.5 Å². The molecule has 4 aromatic rings. The lowest BCUT2D eigenvalue weighted by Crippen LogP contribution is -2.52. The van der Waals surface area contributed by atoms with Gasteiger partial charge in [-0.05, 0) is 56.2 Å². The molecule has 3 aromatic heterocycles. The van der Waals surface area contributed by atoms with Gasteiger partial charge in [0.25, 0.3) is 0 Å². The van der Waals surface area contributed by atoms with Gasteiger partial charge in [0.2, 0.25) is 5.92 Å².